The van der Waals surface area contributed by atoms with Crippen LogP contribution in [0.15, 0.2) is 18.2 Å². The van der Waals surface area contributed by atoms with Gasteiger partial charge < -0.3 is 15.2 Å². The normalized spacial score (nSPS) is 11.6. The van der Waals surface area contributed by atoms with Crippen molar-refractivity contribution in [1.29, 1.82) is 0 Å². The molecule has 0 radical (unpaired) electrons. The van der Waals surface area contributed by atoms with Crippen molar-refractivity contribution in [3.05, 3.63) is 35.4 Å². The van der Waals surface area contributed by atoms with Crippen LogP contribution >= 0.6 is 0 Å². The van der Waals surface area contributed by atoms with Crippen molar-refractivity contribution in [1.82, 2.24) is 5.32 Å². The summed E-state index contributed by atoms with van der Waals surface area (Å²) in [4.78, 5) is 33.7. The number of methoxy groups -OCH3 is 1. The maximum absolute atomic E-state index is 13.0. The minimum absolute atomic E-state index is 0.183. The molecule has 0 fully saturated rings. The van der Waals surface area contributed by atoms with Crippen LogP contribution in [0.25, 0.3) is 0 Å². The number of aliphatic carboxylic acids is 1. The third-order valence-electron chi connectivity index (χ3n) is 2.65. The molecule has 0 aliphatic rings. The number of carboxylic acids is 1. The topological polar surface area (TPSA) is 92.7 Å². The first kappa shape index (κ1) is 16.5. The van der Waals surface area contributed by atoms with Crippen molar-refractivity contribution in [3.63, 3.8) is 0 Å². The maximum Gasteiger partial charge on any atom is 0.326 e. The molecule has 6 nitrogen and oxygen atoms in total. The van der Waals surface area contributed by atoms with E-state index in [9.17, 15) is 23.2 Å². The van der Waals surface area contributed by atoms with Crippen LogP contribution in [-0.2, 0) is 14.3 Å². The Balaban J connectivity index is 2.74. The third kappa shape index (κ3) is 4.83. The second kappa shape index (κ2) is 7.32. The predicted molar refractivity (Wildman–Crippen MR) is 66.5 cm³/mol. The van der Waals surface area contributed by atoms with E-state index in [0.29, 0.717) is 6.07 Å². The Morgan fingerprint density at radius 3 is 2.48 bits per heavy atom. The quantitative estimate of drug-likeness (QED) is 0.768. The van der Waals surface area contributed by atoms with Crippen molar-refractivity contribution in [2.75, 3.05) is 7.11 Å². The largest absolute Gasteiger partial charge is 0.480 e. The molecule has 0 spiro atoms. The van der Waals surface area contributed by atoms with E-state index in [0.717, 1.165) is 19.2 Å². The second-order valence-electron chi connectivity index (χ2n) is 4.11. The van der Waals surface area contributed by atoms with Gasteiger partial charge in [-0.1, -0.05) is 0 Å². The highest BCUT2D eigenvalue weighted by Gasteiger charge is 2.22. The summed E-state index contributed by atoms with van der Waals surface area (Å²) < 4.78 is 30.1. The number of esters is 1. The van der Waals surface area contributed by atoms with Gasteiger partial charge in [-0.2, -0.15) is 0 Å². The summed E-state index contributed by atoms with van der Waals surface area (Å²) in [6.45, 7) is 0. The van der Waals surface area contributed by atoms with Crippen LogP contribution in [0, 0.1) is 11.6 Å². The fourth-order valence-corrected chi connectivity index (χ4v) is 1.50. The zero-order valence-corrected chi connectivity index (χ0v) is 11.1. The van der Waals surface area contributed by atoms with E-state index in [1.54, 1.807) is 0 Å². The standard InChI is InChI=1S/C13H13F2NO5/c1-21-11(17)5-4-10(13(19)20)16-12(18)7-2-3-8(14)9(15)6-7/h2-3,6,10H,4-5H2,1H3,(H,16,18)(H,19,20). The van der Waals surface area contributed by atoms with E-state index >= 15 is 0 Å². The number of rotatable bonds is 6. The van der Waals surface area contributed by atoms with Crippen molar-refractivity contribution in [2.45, 2.75) is 18.9 Å². The fourth-order valence-electron chi connectivity index (χ4n) is 1.50. The Morgan fingerprint density at radius 2 is 1.95 bits per heavy atom. The van der Waals surface area contributed by atoms with Crippen molar-refractivity contribution < 1.29 is 33.0 Å². The van der Waals surface area contributed by atoms with Crippen LogP contribution in [0.4, 0.5) is 8.78 Å². The van der Waals surface area contributed by atoms with Crippen LogP contribution in [0.1, 0.15) is 23.2 Å². The highest BCUT2D eigenvalue weighted by atomic mass is 19.2. The number of benzene rings is 1. The highest BCUT2D eigenvalue weighted by Crippen LogP contribution is 2.09. The molecular formula is C13H13F2NO5. The lowest BCUT2D eigenvalue weighted by Gasteiger charge is -2.14. The summed E-state index contributed by atoms with van der Waals surface area (Å²) in [6.07, 6.45) is -0.386. The van der Waals surface area contributed by atoms with Gasteiger partial charge in [0.25, 0.3) is 5.91 Å². The summed E-state index contributed by atoms with van der Waals surface area (Å²) in [5.41, 5.74) is -0.224. The van der Waals surface area contributed by atoms with Gasteiger partial charge in [0, 0.05) is 12.0 Å². The average molecular weight is 301 g/mol. The molecule has 0 aromatic heterocycles. The van der Waals surface area contributed by atoms with Gasteiger partial charge in [-0.25, -0.2) is 13.6 Å². The fraction of sp³-hybridized carbons (Fsp3) is 0.308. The Bertz CT molecular complexity index is 561. The number of amides is 1. The summed E-state index contributed by atoms with van der Waals surface area (Å²) in [7, 11) is 1.15. The van der Waals surface area contributed by atoms with Crippen LogP contribution in [0.2, 0.25) is 0 Å². The monoisotopic (exact) mass is 301 g/mol. The summed E-state index contributed by atoms with van der Waals surface area (Å²) >= 11 is 0. The number of nitrogens with one attached hydrogen (secondary N) is 1. The lowest BCUT2D eigenvalue weighted by atomic mass is 10.1. The van der Waals surface area contributed by atoms with Gasteiger partial charge in [0.2, 0.25) is 0 Å². The number of ether oxygens (including phenoxy) is 1. The molecule has 2 N–H and O–H groups in total. The summed E-state index contributed by atoms with van der Waals surface area (Å²) in [5, 5.41) is 11.1. The van der Waals surface area contributed by atoms with Crippen molar-refractivity contribution >= 4 is 17.8 Å². The molecule has 0 saturated carbocycles. The van der Waals surface area contributed by atoms with E-state index in [-0.39, 0.29) is 18.4 Å². The number of hydrogen-bond acceptors (Lipinski definition) is 4. The zero-order chi connectivity index (χ0) is 16.0. The molecule has 0 saturated heterocycles. The van der Waals surface area contributed by atoms with E-state index < -0.39 is 35.5 Å². The molecular weight excluding hydrogens is 288 g/mol. The molecule has 0 heterocycles. The van der Waals surface area contributed by atoms with E-state index in [1.807, 2.05) is 0 Å². The van der Waals surface area contributed by atoms with Gasteiger partial charge in [-0.05, 0) is 24.6 Å². The lowest BCUT2D eigenvalue weighted by Crippen LogP contribution is -2.41. The lowest BCUT2D eigenvalue weighted by molar-refractivity contribution is -0.142. The predicted octanol–water partition coefficient (Wildman–Crippen LogP) is 1.10. The first-order chi connectivity index (χ1) is 9.85. The van der Waals surface area contributed by atoms with Crippen LogP contribution < -0.4 is 5.32 Å². The zero-order valence-electron chi connectivity index (χ0n) is 11.1. The smallest absolute Gasteiger partial charge is 0.326 e. The SMILES string of the molecule is COC(=O)CCC(NC(=O)c1ccc(F)c(F)c1)C(=O)O. The van der Waals surface area contributed by atoms with Gasteiger partial charge in [-0.15, -0.1) is 0 Å². The molecule has 114 valence electrons. The Kier molecular flexibility index (Phi) is 5.77. The first-order valence-corrected chi connectivity index (χ1v) is 5.90. The third-order valence-corrected chi connectivity index (χ3v) is 2.65. The first-order valence-electron chi connectivity index (χ1n) is 5.90. The summed E-state index contributed by atoms with van der Waals surface area (Å²) in [6, 6.07) is 1.09. The van der Waals surface area contributed by atoms with Crippen molar-refractivity contribution in [2.24, 2.45) is 0 Å². The summed E-state index contributed by atoms with van der Waals surface area (Å²) in [5.74, 6) is -5.19. The minimum Gasteiger partial charge on any atom is -0.480 e. The molecule has 0 bridgehead atoms. The molecule has 1 rings (SSSR count). The number of carbonyl (C=O) groups excluding carboxylic acids is 2. The highest BCUT2D eigenvalue weighted by molar-refractivity contribution is 5.96. The Labute approximate surface area is 118 Å². The molecule has 1 unspecified atom stereocenters. The number of carbonyl (C=O) groups is 3. The van der Waals surface area contributed by atoms with E-state index in [1.165, 1.54) is 0 Å². The van der Waals surface area contributed by atoms with Gasteiger partial charge in [0.15, 0.2) is 11.6 Å². The average Bonchev–Trinajstić information content (AvgIpc) is 2.45. The molecule has 0 aliphatic carbocycles. The van der Waals surface area contributed by atoms with Crippen LogP contribution in [0.3, 0.4) is 0 Å². The molecule has 1 aromatic carbocycles. The Hall–Kier alpha value is -2.51. The Morgan fingerprint density at radius 1 is 1.29 bits per heavy atom. The van der Waals surface area contributed by atoms with E-state index in [4.69, 9.17) is 5.11 Å². The van der Waals surface area contributed by atoms with Crippen molar-refractivity contribution in [3.8, 4) is 0 Å². The molecule has 21 heavy (non-hydrogen) atoms. The number of carboxylic acid groups (broad SMARTS) is 1. The van der Waals surface area contributed by atoms with Crippen LogP contribution in [0.5, 0.6) is 0 Å². The van der Waals surface area contributed by atoms with Gasteiger partial charge in [-0.3, -0.25) is 9.59 Å². The minimum atomic E-state index is -1.35. The van der Waals surface area contributed by atoms with Gasteiger partial charge in [0.05, 0.1) is 7.11 Å². The molecule has 8 heteroatoms. The molecule has 1 amide bonds. The molecule has 1 aromatic rings. The molecule has 0 aliphatic heterocycles. The van der Waals surface area contributed by atoms with Crippen LogP contribution in [-0.4, -0.2) is 36.1 Å². The van der Waals surface area contributed by atoms with Gasteiger partial charge in [0.1, 0.15) is 6.04 Å². The second-order valence-corrected chi connectivity index (χ2v) is 4.11. The molecule has 1 atom stereocenters. The number of halogens is 2. The van der Waals surface area contributed by atoms with Gasteiger partial charge >= 0.3 is 11.9 Å². The number of hydrogen-bond donors (Lipinski definition) is 2. The maximum atomic E-state index is 13.0. The van der Waals surface area contributed by atoms with E-state index in [2.05, 4.69) is 10.1 Å².